The van der Waals surface area contributed by atoms with Crippen LogP contribution in [0, 0.1) is 0 Å². The second-order valence-electron chi connectivity index (χ2n) is 4.25. The Morgan fingerprint density at radius 1 is 1.35 bits per heavy atom. The molecular weight excluding hydrogens is 280 g/mol. The number of hydrogen-bond acceptors (Lipinski definition) is 2. The van der Waals surface area contributed by atoms with Crippen molar-refractivity contribution in [2.75, 3.05) is 6.61 Å². The average Bonchev–Trinajstić information content (AvgIpc) is 2.57. The van der Waals surface area contributed by atoms with Gasteiger partial charge in [0.2, 0.25) is 0 Å². The van der Waals surface area contributed by atoms with Crippen molar-refractivity contribution in [2.45, 2.75) is 12.5 Å². The van der Waals surface area contributed by atoms with Gasteiger partial charge in [0.1, 0.15) is 4.60 Å². The van der Waals surface area contributed by atoms with Crippen molar-refractivity contribution in [2.24, 2.45) is 7.05 Å². The Morgan fingerprint density at radius 3 is 2.53 bits per heavy atom. The van der Waals surface area contributed by atoms with Crippen LogP contribution in [0.2, 0.25) is 0 Å². The largest absolute Gasteiger partial charge is 0.373 e. The Balaban J connectivity index is 1.91. The first-order valence-electron chi connectivity index (χ1n) is 5.65. The highest BCUT2D eigenvalue weighted by molar-refractivity contribution is 9.10. The first kappa shape index (κ1) is 11.0. The molecule has 3 rings (SSSR count). The molecule has 1 saturated heterocycles. The van der Waals surface area contributed by atoms with Gasteiger partial charge < -0.3 is 4.74 Å². The molecule has 2 aromatic rings. The Labute approximate surface area is 109 Å². The van der Waals surface area contributed by atoms with Crippen LogP contribution in [0.25, 0.3) is 11.3 Å². The first-order valence-corrected chi connectivity index (χ1v) is 6.45. The van der Waals surface area contributed by atoms with E-state index >= 15 is 0 Å². The van der Waals surface area contributed by atoms with E-state index in [0.29, 0.717) is 6.10 Å². The zero-order chi connectivity index (χ0) is 11.8. The standard InChI is InChI=1S/C13H13BrN2O/c1-16-11(8-13(14)15-16)9-2-4-10(5-3-9)12-6-7-17-12/h2-5,8,12H,6-7H2,1H3. The Morgan fingerprint density at radius 2 is 2.06 bits per heavy atom. The fourth-order valence-corrected chi connectivity index (χ4v) is 2.52. The molecule has 1 atom stereocenters. The minimum Gasteiger partial charge on any atom is -0.373 e. The lowest BCUT2D eigenvalue weighted by Crippen LogP contribution is -2.17. The lowest BCUT2D eigenvalue weighted by Gasteiger charge is -2.26. The Bertz CT molecular complexity index is 529. The smallest absolute Gasteiger partial charge is 0.128 e. The highest BCUT2D eigenvalue weighted by Crippen LogP contribution is 2.31. The summed E-state index contributed by atoms with van der Waals surface area (Å²) in [6.07, 6.45) is 1.44. The first-order chi connectivity index (χ1) is 8.24. The van der Waals surface area contributed by atoms with Gasteiger partial charge in [-0.3, -0.25) is 4.68 Å². The molecular formula is C13H13BrN2O. The summed E-state index contributed by atoms with van der Waals surface area (Å²) in [6.45, 7) is 0.890. The maximum atomic E-state index is 5.47. The number of aryl methyl sites for hydroxylation is 1. The molecule has 2 heterocycles. The van der Waals surface area contributed by atoms with Crippen LogP contribution in [0.1, 0.15) is 18.1 Å². The summed E-state index contributed by atoms with van der Waals surface area (Å²) >= 11 is 3.39. The van der Waals surface area contributed by atoms with Gasteiger partial charge in [0.05, 0.1) is 18.4 Å². The molecule has 4 heteroatoms. The molecule has 1 aliphatic rings. The van der Waals surface area contributed by atoms with Gasteiger partial charge in [0.25, 0.3) is 0 Å². The normalized spacial score (nSPS) is 19.1. The summed E-state index contributed by atoms with van der Waals surface area (Å²) in [5.41, 5.74) is 3.55. The number of hydrogen-bond donors (Lipinski definition) is 0. The molecule has 1 aromatic heterocycles. The van der Waals surface area contributed by atoms with Crippen LogP contribution in [0.4, 0.5) is 0 Å². The van der Waals surface area contributed by atoms with Crippen LogP contribution in [-0.4, -0.2) is 16.4 Å². The van der Waals surface area contributed by atoms with Crippen molar-refractivity contribution in [1.82, 2.24) is 9.78 Å². The number of nitrogens with zero attached hydrogens (tertiary/aromatic N) is 2. The van der Waals surface area contributed by atoms with Crippen LogP contribution >= 0.6 is 15.9 Å². The topological polar surface area (TPSA) is 27.1 Å². The van der Waals surface area contributed by atoms with E-state index < -0.39 is 0 Å². The van der Waals surface area contributed by atoms with Crippen LogP contribution in [0.15, 0.2) is 34.9 Å². The van der Waals surface area contributed by atoms with Crippen molar-refractivity contribution >= 4 is 15.9 Å². The van der Waals surface area contributed by atoms with E-state index in [1.54, 1.807) is 0 Å². The summed E-state index contributed by atoms with van der Waals surface area (Å²) in [5.74, 6) is 0. The highest BCUT2D eigenvalue weighted by Gasteiger charge is 2.20. The van der Waals surface area contributed by atoms with Gasteiger partial charge in [-0.2, -0.15) is 5.10 Å². The van der Waals surface area contributed by atoms with Crippen LogP contribution in [0.5, 0.6) is 0 Å². The van der Waals surface area contributed by atoms with Gasteiger partial charge in [-0.1, -0.05) is 24.3 Å². The monoisotopic (exact) mass is 292 g/mol. The fraction of sp³-hybridized carbons (Fsp3) is 0.308. The number of aromatic nitrogens is 2. The number of rotatable bonds is 2. The Hall–Kier alpha value is -1.13. The zero-order valence-electron chi connectivity index (χ0n) is 9.56. The fourth-order valence-electron chi connectivity index (χ4n) is 2.07. The second kappa shape index (κ2) is 4.27. The summed E-state index contributed by atoms with van der Waals surface area (Å²) in [4.78, 5) is 0. The third kappa shape index (κ3) is 2.03. The SMILES string of the molecule is Cn1nc(Br)cc1-c1ccc(C2CCO2)cc1. The molecule has 0 spiro atoms. The number of halogens is 1. The third-order valence-electron chi connectivity index (χ3n) is 3.13. The lowest BCUT2D eigenvalue weighted by atomic mass is 10.0. The molecule has 1 aromatic carbocycles. The van der Waals surface area contributed by atoms with Gasteiger partial charge in [-0.25, -0.2) is 0 Å². The molecule has 0 aliphatic carbocycles. The van der Waals surface area contributed by atoms with E-state index in [4.69, 9.17) is 4.74 Å². The number of benzene rings is 1. The van der Waals surface area contributed by atoms with E-state index in [9.17, 15) is 0 Å². The highest BCUT2D eigenvalue weighted by atomic mass is 79.9. The number of ether oxygens (including phenoxy) is 1. The van der Waals surface area contributed by atoms with Gasteiger partial charge in [-0.15, -0.1) is 0 Å². The van der Waals surface area contributed by atoms with E-state index in [1.165, 1.54) is 11.1 Å². The summed E-state index contributed by atoms with van der Waals surface area (Å²) in [7, 11) is 1.95. The summed E-state index contributed by atoms with van der Waals surface area (Å²) in [5, 5.41) is 4.28. The maximum absolute atomic E-state index is 5.47. The molecule has 3 nitrogen and oxygen atoms in total. The summed E-state index contributed by atoms with van der Waals surface area (Å²) in [6, 6.07) is 10.6. The van der Waals surface area contributed by atoms with Gasteiger partial charge in [-0.05, 0) is 33.1 Å². The predicted molar refractivity (Wildman–Crippen MR) is 69.7 cm³/mol. The predicted octanol–water partition coefficient (Wildman–Crippen LogP) is 3.31. The van der Waals surface area contributed by atoms with E-state index in [2.05, 4.69) is 45.3 Å². The molecule has 88 valence electrons. The van der Waals surface area contributed by atoms with Crippen molar-refractivity contribution in [3.05, 3.63) is 40.5 Å². The molecule has 0 saturated carbocycles. The molecule has 1 fully saturated rings. The van der Waals surface area contributed by atoms with Crippen molar-refractivity contribution in [3.8, 4) is 11.3 Å². The molecule has 0 N–H and O–H groups in total. The quantitative estimate of drug-likeness (QED) is 0.849. The van der Waals surface area contributed by atoms with Crippen LogP contribution in [0.3, 0.4) is 0 Å². The van der Waals surface area contributed by atoms with Gasteiger partial charge in [0.15, 0.2) is 0 Å². The van der Waals surface area contributed by atoms with Crippen molar-refractivity contribution in [3.63, 3.8) is 0 Å². The van der Waals surface area contributed by atoms with Gasteiger partial charge >= 0.3 is 0 Å². The molecule has 0 radical (unpaired) electrons. The minimum absolute atomic E-state index is 0.308. The van der Waals surface area contributed by atoms with Crippen molar-refractivity contribution < 1.29 is 4.74 Å². The average molecular weight is 293 g/mol. The molecule has 1 unspecified atom stereocenters. The van der Waals surface area contributed by atoms with Gasteiger partial charge in [0, 0.05) is 13.5 Å². The molecule has 0 amide bonds. The van der Waals surface area contributed by atoms with Crippen LogP contribution < -0.4 is 0 Å². The zero-order valence-corrected chi connectivity index (χ0v) is 11.1. The molecule has 1 aliphatic heterocycles. The van der Waals surface area contributed by atoms with E-state index in [0.717, 1.165) is 23.3 Å². The minimum atomic E-state index is 0.308. The summed E-state index contributed by atoms with van der Waals surface area (Å²) < 4.78 is 8.20. The van der Waals surface area contributed by atoms with Crippen molar-refractivity contribution in [1.29, 1.82) is 0 Å². The van der Waals surface area contributed by atoms with Crippen LogP contribution in [-0.2, 0) is 11.8 Å². The van der Waals surface area contributed by atoms with E-state index in [1.807, 2.05) is 17.8 Å². The third-order valence-corrected chi connectivity index (χ3v) is 3.51. The Kier molecular flexibility index (Phi) is 2.76. The maximum Gasteiger partial charge on any atom is 0.128 e. The molecule has 0 bridgehead atoms. The lowest BCUT2D eigenvalue weighted by molar-refractivity contribution is -0.0527. The molecule has 17 heavy (non-hydrogen) atoms. The second-order valence-corrected chi connectivity index (χ2v) is 5.06. The van der Waals surface area contributed by atoms with E-state index in [-0.39, 0.29) is 0 Å².